The van der Waals surface area contributed by atoms with E-state index in [1.54, 1.807) is 0 Å². The van der Waals surface area contributed by atoms with Gasteiger partial charge in [0.1, 0.15) is 5.82 Å². The quantitative estimate of drug-likeness (QED) is 0.591. The summed E-state index contributed by atoms with van der Waals surface area (Å²) in [5.41, 5.74) is 1.17. The van der Waals surface area contributed by atoms with Crippen LogP contribution in [0.25, 0.3) is 0 Å². The van der Waals surface area contributed by atoms with Gasteiger partial charge in [-0.15, -0.1) is 0 Å². The van der Waals surface area contributed by atoms with Crippen molar-refractivity contribution in [1.29, 1.82) is 0 Å². The van der Waals surface area contributed by atoms with E-state index in [9.17, 15) is 4.39 Å². The fourth-order valence-corrected chi connectivity index (χ4v) is 1.70. The van der Waals surface area contributed by atoms with Gasteiger partial charge in [-0.2, -0.15) is 0 Å². The molecule has 0 radical (unpaired) electrons. The van der Waals surface area contributed by atoms with Crippen LogP contribution in [0.1, 0.15) is 31.4 Å². The minimum Gasteiger partial charge on any atom is -0.300 e. The van der Waals surface area contributed by atoms with E-state index < -0.39 is 0 Å². The third kappa shape index (κ3) is 2.66. The molecule has 0 bridgehead atoms. The molecule has 0 aliphatic carbocycles. The van der Waals surface area contributed by atoms with E-state index in [1.807, 2.05) is 12.1 Å². The summed E-state index contributed by atoms with van der Waals surface area (Å²) in [6.45, 7) is 2.17. The van der Waals surface area contributed by atoms with E-state index in [0.29, 0.717) is 12.1 Å². The van der Waals surface area contributed by atoms with Gasteiger partial charge in [-0.1, -0.05) is 37.6 Å². The monoisotopic (exact) mass is 205 g/mol. The van der Waals surface area contributed by atoms with Crippen LogP contribution >= 0.6 is 0 Å². The molecule has 1 saturated heterocycles. The van der Waals surface area contributed by atoms with Gasteiger partial charge in [-0.3, -0.25) is 0 Å². The highest BCUT2D eigenvalue weighted by Crippen LogP contribution is 2.30. The number of benzene rings is 1. The summed E-state index contributed by atoms with van der Waals surface area (Å²) >= 11 is 0. The molecule has 15 heavy (non-hydrogen) atoms. The molecule has 1 heterocycles. The summed E-state index contributed by atoms with van der Waals surface area (Å²) in [5.74, 6) is -0.169. The van der Waals surface area contributed by atoms with Crippen LogP contribution in [0, 0.1) is 5.82 Å². The van der Waals surface area contributed by atoms with Crippen LogP contribution in [0.4, 0.5) is 4.39 Å². The van der Waals surface area contributed by atoms with E-state index >= 15 is 0 Å². The van der Waals surface area contributed by atoms with Gasteiger partial charge in [-0.05, 0) is 24.1 Å². The summed E-state index contributed by atoms with van der Waals surface area (Å²) in [6.07, 6.45) is 6.73. The number of hydrogen-bond donors (Lipinski definition) is 1. The van der Waals surface area contributed by atoms with Crippen LogP contribution in [0.5, 0.6) is 0 Å². The second-order valence-corrected chi connectivity index (χ2v) is 3.94. The topological polar surface area (TPSA) is 21.9 Å². The zero-order valence-electron chi connectivity index (χ0n) is 8.91. The number of nitrogens with one attached hydrogen (secondary N) is 1. The molecule has 1 aliphatic heterocycles. The fraction of sp³-hybridized carbons (Fsp3) is 0.385. The van der Waals surface area contributed by atoms with E-state index in [1.165, 1.54) is 24.1 Å². The third-order valence-corrected chi connectivity index (χ3v) is 2.65. The maximum Gasteiger partial charge on any atom is 0.123 e. The molecule has 2 heteroatoms. The Morgan fingerprint density at radius 1 is 1.33 bits per heavy atom. The van der Waals surface area contributed by atoms with Gasteiger partial charge in [0.05, 0.1) is 6.04 Å². The van der Waals surface area contributed by atoms with Crippen LogP contribution in [0.2, 0.25) is 0 Å². The number of rotatable bonds is 4. The highest BCUT2D eigenvalue weighted by atomic mass is 19.1. The van der Waals surface area contributed by atoms with Gasteiger partial charge in [0.25, 0.3) is 0 Å². The lowest BCUT2D eigenvalue weighted by Crippen LogP contribution is -1.85. The van der Waals surface area contributed by atoms with Crippen molar-refractivity contribution in [3.8, 4) is 0 Å². The highest BCUT2D eigenvalue weighted by Gasteiger charge is 2.34. The number of halogens is 1. The summed E-state index contributed by atoms with van der Waals surface area (Å²) < 4.78 is 12.7. The second kappa shape index (κ2) is 4.58. The van der Waals surface area contributed by atoms with Gasteiger partial charge in [0, 0.05) is 6.04 Å². The van der Waals surface area contributed by atoms with Gasteiger partial charge in [-0.25, -0.2) is 4.39 Å². The molecule has 80 valence electrons. The standard InChI is InChI=1S/C13H16FN/c1-2-3-4-5-12-13(15-12)10-6-8-11(14)9-7-10/h4-9,12-13,15H,2-3H2,1H3/b5-4+/t12-,13+/m1/s1. The molecule has 0 aromatic heterocycles. The van der Waals surface area contributed by atoms with Gasteiger partial charge >= 0.3 is 0 Å². The Hall–Kier alpha value is -1.15. The zero-order valence-corrected chi connectivity index (χ0v) is 8.91. The van der Waals surface area contributed by atoms with E-state index in [-0.39, 0.29) is 5.82 Å². The molecule has 1 aromatic rings. The lowest BCUT2D eigenvalue weighted by molar-refractivity contribution is 0.627. The first-order valence-electron chi connectivity index (χ1n) is 5.49. The molecule has 0 amide bonds. The summed E-state index contributed by atoms with van der Waals surface area (Å²) in [5, 5.41) is 3.35. The highest BCUT2D eigenvalue weighted by molar-refractivity contribution is 5.29. The predicted octanol–water partition coefficient (Wildman–Crippen LogP) is 3.19. The normalized spacial score (nSPS) is 24.7. The molecule has 2 atom stereocenters. The average molecular weight is 205 g/mol. The largest absolute Gasteiger partial charge is 0.300 e. The van der Waals surface area contributed by atoms with E-state index in [2.05, 4.69) is 24.4 Å². The Morgan fingerprint density at radius 2 is 2.07 bits per heavy atom. The van der Waals surface area contributed by atoms with E-state index in [4.69, 9.17) is 0 Å². The zero-order chi connectivity index (χ0) is 10.7. The van der Waals surface area contributed by atoms with Crippen molar-refractivity contribution in [3.63, 3.8) is 0 Å². The van der Waals surface area contributed by atoms with E-state index in [0.717, 1.165) is 6.42 Å². The minimum atomic E-state index is -0.169. The van der Waals surface area contributed by atoms with Crippen LogP contribution in [-0.4, -0.2) is 6.04 Å². The number of hydrogen-bond acceptors (Lipinski definition) is 1. The van der Waals surface area contributed by atoms with Crippen LogP contribution in [0.15, 0.2) is 36.4 Å². The first kappa shape index (κ1) is 10.4. The third-order valence-electron chi connectivity index (χ3n) is 2.65. The Balaban J connectivity index is 1.90. The van der Waals surface area contributed by atoms with Crippen molar-refractivity contribution in [3.05, 3.63) is 47.8 Å². The van der Waals surface area contributed by atoms with Gasteiger partial charge in [0.2, 0.25) is 0 Å². The van der Waals surface area contributed by atoms with Crippen molar-refractivity contribution >= 4 is 0 Å². The predicted molar refractivity (Wildman–Crippen MR) is 60.1 cm³/mol. The maximum absolute atomic E-state index is 12.7. The Morgan fingerprint density at radius 3 is 2.73 bits per heavy atom. The average Bonchev–Trinajstić information content (AvgIpc) is 2.99. The first-order chi connectivity index (χ1) is 7.31. The molecule has 1 aromatic carbocycles. The number of allylic oxidation sites excluding steroid dienone is 1. The van der Waals surface area contributed by atoms with Crippen LogP contribution in [0.3, 0.4) is 0 Å². The van der Waals surface area contributed by atoms with Crippen LogP contribution < -0.4 is 5.32 Å². The van der Waals surface area contributed by atoms with Crippen molar-refractivity contribution < 1.29 is 4.39 Å². The molecule has 1 nitrogen and oxygen atoms in total. The van der Waals surface area contributed by atoms with Crippen molar-refractivity contribution in [2.45, 2.75) is 31.8 Å². The molecule has 1 aliphatic rings. The minimum absolute atomic E-state index is 0.169. The first-order valence-corrected chi connectivity index (χ1v) is 5.49. The van der Waals surface area contributed by atoms with Gasteiger partial charge in [0.15, 0.2) is 0 Å². The fourth-order valence-electron chi connectivity index (χ4n) is 1.70. The molecule has 2 rings (SSSR count). The van der Waals surface area contributed by atoms with Crippen LogP contribution in [-0.2, 0) is 0 Å². The summed E-state index contributed by atoms with van der Waals surface area (Å²) in [7, 11) is 0. The Bertz CT molecular complexity index is 342. The molecule has 1 N–H and O–H groups in total. The SMILES string of the molecule is CCC/C=C/[C@H]1N[C@H]1c1ccc(F)cc1. The summed E-state index contributed by atoms with van der Waals surface area (Å²) in [6, 6.07) is 7.56. The lowest BCUT2D eigenvalue weighted by atomic mass is 10.1. The molecule has 0 saturated carbocycles. The molecular formula is C13H16FN. The Kier molecular flexibility index (Phi) is 3.17. The van der Waals surface area contributed by atoms with Crippen molar-refractivity contribution in [1.82, 2.24) is 5.32 Å². The van der Waals surface area contributed by atoms with Gasteiger partial charge < -0.3 is 5.32 Å². The molecule has 1 fully saturated rings. The van der Waals surface area contributed by atoms with Crippen molar-refractivity contribution in [2.24, 2.45) is 0 Å². The second-order valence-electron chi connectivity index (χ2n) is 3.94. The smallest absolute Gasteiger partial charge is 0.123 e. The number of unbranched alkanes of at least 4 members (excludes halogenated alkanes) is 1. The molecule has 0 unspecified atom stereocenters. The van der Waals surface area contributed by atoms with Crippen molar-refractivity contribution in [2.75, 3.05) is 0 Å². The molecule has 0 spiro atoms. The lowest BCUT2D eigenvalue weighted by Gasteiger charge is -1.95. The summed E-state index contributed by atoms with van der Waals surface area (Å²) in [4.78, 5) is 0. The Labute approximate surface area is 90.0 Å². The molecular weight excluding hydrogens is 189 g/mol. The maximum atomic E-state index is 12.7.